The van der Waals surface area contributed by atoms with Gasteiger partial charge in [-0.2, -0.15) is 4.98 Å². The molecule has 1 aliphatic heterocycles. The van der Waals surface area contributed by atoms with Gasteiger partial charge < -0.3 is 34.2 Å². The molecule has 3 N–H and O–H groups in total. The molecule has 0 radical (unpaired) electrons. The van der Waals surface area contributed by atoms with Crippen molar-refractivity contribution in [3.05, 3.63) is 23.4 Å². The molecule has 3 aromatic rings. The van der Waals surface area contributed by atoms with Crippen LogP contribution in [0.5, 0.6) is 11.5 Å². The molecule has 1 aliphatic rings. The van der Waals surface area contributed by atoms with E-state index in [9.17, 15) is 15.0 Å². The summed E-state index contributed by atoms with van der Waals surface area (Å²) >= 11 is 0. The summed E-state index contributed by atoms with van der Waals surface area (Å²) in [4.78, 5) is 19.0. The maximum atomic E-state index is 12.7. The number of anilines is 1. The van der Waals surface area contributed by atoms with E-state index in [1.807, 2.05) is 18.7 Å². The number of aromatic nitrogens is 3. The van der Waals surface area contributed by atoms with E-state index in [0.717, 1.165) is 0 Å². The molecule has 1 saturated heterocycles. The Balaban J connectivity index is 1.85. The third-order valence-corrected chi connectivity index (χ3v) is 5.18. The van der Waals surface area contributed by atoms with Gasteiger partial charge in [0.15, 0.2) is 11.5 Å². The lowest BCUT2D eigenvalue weighted by Gasteiger charge is -2.24. The van der Waals surface area contributed by atoms with Gasteiger partial charge in [-0.25, -0.2) is 0 Å². The van der Waals surface area contributed by atoms with Gasteiger partial charge in [0.1, 0.15) is 17.1 Å². The van der Waals surface area contributed by atoms with E-state index in [1.54, 1.807) is 13.0 Å². The summed E-state index contributed by atoms with van der Waals surface area (Å²) in [6, 6.07) is 3.12. The molecule has 0 unspecified atom stereocenters. The van der Waals surface area contributed by atoms with Gasteiger partial charge in [-0.15, -0.1) is 0 Å². The van der Waals surface area contributed by atoms with Gasteiger partial charge in [-0.05, 0) is 24.5 Å². The van der Waals surface area contributed by atoms with Crippen LogP contribution in [-0.2, 0) is 4.74 Å². The Kier molecular flexibility index (Phi) is 5.99. The van der Waals surface area contributed by atoms with Gasteiger partial charge >= 0.3 is 6.01 Å². The standard InChI is InChI=1S/C21H25N5O6/c1-4-22-20(29)17-16(19-23-21(32-25-19)26-5-7-30-8-6-26)18(31-24-17)13-9-12(11(2)3)14(27)10-15(13)28/h9-11,27-28H,4-8H2,1-3H3,(H,22,29). The molecule has 0 atom stereocenters. The van der Waals surface area contributed by atoms with Crippen LogP contribution in [0.3, 0.4) is 0 Å². The predicted molar refractivity (Wildman–Crippen MR) is 114 cm³/mol. The molecule has 0 spiro atoms. The van der Waals surface area contributed by atoms with Crippen LogP contribution in [0, 0.1) is 0 Å². The minimum atomic E-state index is -0.474. The van der Waals surface area contributed by atoms with Crippen molar-refractivity contribution in [3.8, 4) is 34.2 Å². The fourth-order valence-electron chi connectivity index (χ4n) is 3.52. The van der Waals surface area contributed by atoms with Crippen molar-refractivity contribution >= 4 is 11.9 Å². The number of nitrogens with one attached hydrogen (secondary N) is 1. The Hall–Kier alpha value is -3.60. The number of phenolic OH excluding ortho intramolecular Hbond substituents is 2. The summed E-state index contributed by atoms with van der Waals surface area (Å²) in [6.45, 7) is 8.25. The summed E-state index contributed by atoms with van der Waals surface area (Å²) in [5.41, 5.74) is 1.01. The van der Waals surface area contributed by atoms with Crippen LogP contribution in [-0.4, -0.2) is 64.3 Å². The number of phenols is 2. The highest BCUT2D eigenvalue weighted by Gasteiger charge is 2.31. The first-order valence-corrected chi connectivity index (χ1v) is 10.4. The fraction of sp³-hybridized carbons (Fsp3) is 0.429. The molecule has 0 bridgehead atoms. The molecular weight excluding hydrogens is 418 g/mol. The van der Waals surface area contributed by atoms with E-state index < -0.39 is 5.91 Å². The summed E-state index contributed by atoms with van der Waals surface area (Å²) in [5, 5.41) is 31.4. The second-order valence-electron chi connectivity index (χ2n) is 7.68. The van der Waals surface area contributed by atoms with Crippen LogP contribution >= 0.6 is 0 Å². The quantitative estimate of drug-likeness (QED) is 0.519. The summed E-state index contributed by atoms with van der Waals surface area (Å²) in [5.74, 6) is -0.578. The molecule has 0 aliphatic carbocycles. The molecule has 11 heteroatoms. The molecule has 0 saturated carbocycles. The molecule has 32 heavy (non-hydrogen) atoms. The number of morpholine rings is 1. The largest absolute Gasteiger partial charge is 0.508 e. The van der Waals surface area contributed by atoms with Crippen molar-refractivity contribution in [1.29, 1.82) is 0 Å². The maximum absolute atomic E-state index is 12.7. The smallest absolute Gasteiger partial charge is 0.324 e. The number of amides is 1. The second kappa shape index (κ2) is 8.87. The van der Waals surface area contributed by atoms with Crippen LogP contribution < -0.4 is 10.2 Å². The summed E-state index contributed by atoms with van der Waals surface area (Å²) in [7, 11) is 0. The van der Waals surface area contributed by atoms with Gasteiger partial charge in [-0.3, -0.25) is 4.79 Å². The number of rotatable bonds is 6. The molecule has 11 nitrogen and oxygen atoms in total. The first kappa shape index (κ1) is 21.6. The average molecular weight is 443 g/mol. The number of ether oxygens (including phenoxy) is 1. The van der Waals surface area contributed by atoms with E-state index in [-0.39, 0.29) is 51.8 Å². The zero-order valence-electron chi connectivity index (χ0n) is 18.1. The fourth-order valence-corrected chi connectivity index (χ4v) is 3.52. The highest BCUT2D eigenvalue weighted by Crippen LogP contribution is 2.42. The molecule has 170 valence electrons. The van der Waals surface area contributed by atoms with Gasteiger partial charge in [0, 0.05) is 25.7 Å². The highest BCUT2D eigenvalue weighted by atomic mass is 16.5. The lowest BCUT2D eigenvalue weighted by Crippen LogP contribution is -2.36. The topological polar surface area (TPSA) is 147 Å². The number of hydrogen-bond donors (Lipinski definition) is 3. The van der Waals surface area contributed by atoms with E-state index in [4.69, 9.17) is 13.8 Å². The van der Waals surface area contributed by atoms with E-state index in [1.165, 1.54) is 6.07 Å². The number of nitrogens with zero attached hydrogens (tertiary/aromatic N) is 4. The van der Waals surface area contributed by atoms with Gasteiger partial charge in [-0.1, -0.05) is 24.2 Å². The number of carbonyl (C=O) groups is 1. The minimum absolute atomic E-state index is 0.0262. The molecule has 1 aromatic carbocycles. The Labute approximate surface area is 184 Å². The minimum Gasteiger partial charge on any atom is -0.508 e. The van der Waals surface area contributed by atoms with Gasteiger partial charge in [0.05, 0.1) is 18.8 Å². The maximum Gasteiger partial charge on any atom is 0.324 e. The third-order valence-electron chi connectivity index (χ3n) is 5.18. The van der Waals surface area contributed by atoms with Crippen molar-refractivity contribution in [2.24, 2.45) is 0 Å². The third kappa shape index (κ3) is 3.98. The Morgan fingerprint density at radius 1 is 1.16 bits per heavy atom. The number of hydrogen-bond acceptors (Lipinski definition) is 10. The van der Waals surface area contributed by atoms with Crippen molar-refractivity contribution in [2.75, 3.05) is 37.7 Å². The Morgan fingerprint density at radius 2 is 1.91 bits per heavy atom. The van der Waals surface area contributed by atoms with Crippen molar-refractivity contribution < 1.29 is 28.8 Å². The summed E-state index contributed by atoms with van der Waals surface area (Å²) < 4.78 is 16.3. The molecule has 3 heterocycles. The Bertz CT molecular complexity index is 1120. The lowest BCUT2D eigenvalue weighted by molar-refractivity contribution is 0.0947. The van der Waals surface area contributed by atoms with Crippen LogP contribution in [0.4, 0.5) is 6.01 Å². The molecule has 4 rings (SSSR count). The lowest BCUT2D eigenvalue weighted by atomic mass is 9.96. The molecule has 1 fully saturated rings. The average Bonchev–Trinajstić information content (AvgIpc) is 3.41. The first-order chi connectivity index (χ1) is 15.4. The van der Waals surface area contributed by atoms with Gasteiger partial charge in [0.2, 0.25) is 5.82 Å². The van der Waals surface area contributed by atoms with Gasteiger partial charge in [0.25, 0.3) is 5.91 Å². The number of benzene rings is 1. The zero-order valence-corrected chi connectivity index (χ0v) is 18.1. The molecule has 2 aromatic heterocycles. The molecule has 1 amide bonds. The van der Waals surface area contributed by atoms with Crippen molar-refractivity contribution in [1.82, 2.24) is 20.6 Å². The normalized spacial score (nSPS) is 14.2. The monoisotopic (exact) mass is 443 g/mol. The van der Waals surface area contributed by atoms with Crippen LogP contribution in [0.1, 0.15) is 42.7 Å². The van der Waals surface area contributed by atoms with E-state index >= 15 is 0 Å². The van der Waals surface area contributed by atoms with E-state index in [2.05, 4.69) is 20.6 Å². The number of aromatic hydroxyl groups is 2. The van der Waals surface area contributed by atoms with E-state index in [0.29, 0.717) is 38.4 Å². The molecular formula is C21H25N5O6. The van der Waals surface area contributed by atoms with Crippen LogP contribution in [0.2, 0.25) is 0 Å². The van der Waals surface area contributed by atoms with Crippen molar-refractivity contribution in [2.45, 2.75) is 26.7 Å². The zero-order chi connectivity index (χ0) is 22.8. The van der Waals surface area contributed by atoms with Crippen LogP contribution in [0.15, 0.2) is 21.2 Å². The Morgan fingerprint density at radius 3 is 2.59 bits per heavy atom. The second-order valence-corrected chi connectivity index (χ2v) is 7.68. The van der Waals surface area contributed by atoms with Crippen LogP contribution in [0.25, 0.3) is 22.7 Å². The number of carbonyl (C=O) groups excluding carboxylic acids is 1. The van der Waals surface area contributed by atoms with Crippen molar-refractivity contribution in [3.63, 3.8) is 0 Å². The predicted octanol–water partition coefficient (Wildman–Crippen LogP) is 2.51. The summed E-state index contributed by atoms with van der Waals surface area (Å²) in [6.07, 6.45) is 0. The first-order valence-electron chi connectivity index (χ1n) is 10.4. The SMILES string of the molecule is CCNC(=O)c1noc(-c2cc(C(C)C)c(O)cc2O)c1-c1noc(N2CCOCC2)n1. The highest BCUT2D eigenvalue weighted by molar-refractivity contribution is 6.01.